The average molecular weight is 244 g/mol. The van der Waals surface area contributed by atoms with Crippen LogP contribution in [-0.4, -0.2) is 33.8 Å². The van der Waals surface area contributed by atoms with Crippen LogP contribution in [0.25, 0.3) is 0 Å². The number of aliphatic hydroxyl groups excluding tert-OH is 1. The molecule has 0 aromatic carbocycles. The van der Waals surface area contributed by atoms with E-state index in [1.165, 1.54) is 0 Å². The molecule has 0 radical (unpaired) electrons. The number of carboxylic acid groups (broad SMARTS) is 1. The minimum atomic E-state index is -0.993. The van der Waals surface area contributed by atoms with E-state index in [0.29, 0.717) is 0 Å². The van der Waals surface area contributed by atoms with Crippen LogP contribution < -0.4 is 5.32 Å². The fourth-order valence-electron chi connectivity index (χ4n) is 1.25. The second-order valence-corrected chi connectivity index (χ2v) is 4.96. The SMILES string of the molecule is Cc1cnc(C(C)NCC(O)CC(=O)O)s1. The largest absolute Gasteiger partial charge is 0.481 e. The molecule has 0 bridgehead atoms. The van der Waals surface area contributed by atoms with E-state index >= 15 is 0 Å². The minimum Gasteiger partial charge on any atom is -0.481 e. The van der Waals surface area contributed by atoms with Crippen LogP contribution in [0.4, 0.5) is 0 Å². The van der Waals surface area contributed by atoms with Crippen molar-refractivity contribution in [3.05, 3.63) is 16.1 Å². The van der Waals surface area contributed by atoms with E-state index < -0.39 is 12.1 Å². The van der Waals surface area contributed by atoms with Crippen LogP contribution in [-0.2, 0) is 4.79 Å². The summed E-state index contributed by atoms with van der Waals surface area (Å²) in [6, 6.07) is 0.0298. The van der Waals surface area contributed by atoms with Gasteiger partial charge in [0.15, 0.2) is 0 Å². The Hall–Kier alpha value is -0.980. The van der Waals surface area contributed by atoms with Gasteiger partial charge in [-0.2, -0.15) is 0 Å². The van der Waals surface area contributed by atoms with Crippen LogP contribution >= 0.6 is 11.3 Å². The summed E-state index contributed by atoms with van der Waals surface area (Å²) < 4.78 is 0. The first-order valence-electron chi connectivity index (χ1n) is 5.04. The monoisotopic (exact) mass is 244 g/mol. The summed E-state index contributed by atoms with van der Waals surface area (Å²) in [4.78, 5) is 15.7. The van der Waals surface area contributed by atoms with Crippen LogP contribution in [0.5, 0.6) is 0 Å². The van der Waals surface area contributed by atoms with Gasteiger partial charge >= 0.3 is 5.97 Å². The van der Waals surface area contributed by atoms with Crippen molar-refractivity contribution < 1.29 is 15.0 Å². The number of thiazole rings is 1. The van der Waals surface area contributed by atoms with Crippen LogP contribution in [0, 0.1) is 6.92 Å². The first-order valence-corrected chi connectivity index (χ1v) is 5.86. The topological polar surface area (TPSA) is 82.5 Å². The molecule has 0 aliphatic carbocycles. The maximum Gasteiger partial charge on any atom is 0.306 e. The van der Waals surface area contributed by atoms with E-state index in [-0.39, 0.29) is 19.0 Å². The maximum absolute atomic E-state index is 10.3. The summed E-state index contributed by atoms with van der Waals surface area (Å²) in [6.07, 6.45) is 0.698. The van der Waals surface area contributed by atoms with Crippen molar-refractivity contribution in [3.63, 3.8) is 0 Å². The van der Waals surface area contributed by atoms with Gasteiger partial charge < -0.3 is 15.5 Å². The summed E-state index contributed by atoms with van der Waals surface area (Å²) >= 11 is 1.59. The molecule has 0 spiro atoms. The van der Waals surface area contributed by atoms with Gasteiger partial charge in [0.05, 0.1) is 18.6 Å². The van der Waals surface area contributed by atoms with Crippen molar-refractivity contribution in [3.8, 4) is 0 Å². The Morgan fingerprint density at radius 3 is 2.88 bits per heavy atom. The maximum atomic E-state index is 10.3. The molecule has 2 atom stereocenters. The molecule has 0 saturated heterocycles. The second kappa shape index (κ2) is 5.93. The zero-order chi connectivity index (χ0) is 12.1. The summed E-state index contributed by atoms with van der Waals surface area (Å²) in [5.74, 6) is -0.993. The number of aliphatic carboxylic acids is 1. The van der Waals surface area contributed by atoms with Crippen molar-refractivity contribution in [1.82, 2.24) is 10.3 Å². The van der Waals surface area contributed by atoms with E-state index in [9.17, 15) is 9.90 Å². The number of nitrogens with zero attached hydrogens (tertiary/aromatic N) is 1. The van der Waals surface area contributed by atoms with Crippen molar-refractivity contribution >= 4 is 17.3 Å². The highest BCUT2D eigenvalue weighted by molar-refractivity contribution is 7.11. The Morgan fingerprint density at radius 2 is 2.38 bits per heavy atom. The third-order valence-electron chi connectivity index (χ3n) is 2.08. The number of hydrogen-bond donors (Lipinski definition) is 3. The molecule has 6 heteroatoms. The van der Waals surface area contributed by atoms with Gasteiger partial charge in [-0.1, -0.05) is 0 Å². The van der Waals surface area contributed by atoms with Gasteiger partial charge in [0, 0.05) is 17.6 Å². The van der Waals surface area contributed by atoms with Gasteiger partial charge in [-0.05, 0) is 13.8 Å². The smallest absolute Gasteiger partial charge is 0.306 e. The Bertz CT molecular complexity index is 354. The summed E-state index contributed by atoms with van der Waals surface area (Å²) in [5, 5.41) is 21.8. The molecule has 1 heterocycles. The lowest BCUT2D eigenvalue weighted by Gasteiger charge is -2.13. The fourth-order valence-corrected chi connectivity index (χ4v) is 2.05. The Balaban J connectivity index is 2.35. The molecular weight excluding hydrogens is 228 g/mol. The molecule has 1 rings (SSSR count). The predicted molar refractivity (Wildman–Crippen MR) is 61.5 cm³/mol. The van der Waals surface area contributed by atoms with Gasteiger partial charge in [-0.3, -0.25) is 4.79 Å². The molecule has 0 amide bonds. The zero-order valence-corrected chi connectivity index (χ0v) is 10.1. The lowest BCUT2D eigenvalue weighted by Crippen LogP contribution is -2.30. The predicted octanol–water partition coefficient (Wildman–Crippen LogP) is 0.938. The Morgan fingerprint density at radius 1 is 1.69 bits per heavy atom. The summed E-state index contributed by atoms with van der Waals surface area (Å²) in [6.45, 7) is 4.17. The number of rotatable bonds is 6. The fraction of sp³-hybridized carbons (Fsp3) is 0.600. The van der Waals surface area contributed by atoms with Gasteiger partial charge in [0.1, 0.15) is 5.01 Å². The second-order valence-electron chi connectivity index (χ2n) is 3.69. The quantitative estimate of drug-likeness (QED) is 0.693. The molecule has 16 heavy (non-hydrogen) atoms. The minimum absolute atomic E-state index is 0.0298. The number of nitrogens with one attached hydrogen (secondary N) is 1. The van der Waals surface area contributed by atoms with E-state index in [4.69, 9.17) is 5.11 Å². The first-order chi connectivity index (χ1) is 7.49. The molecule has 3 N–H and O–H groups in total. The molecule has 90 valence electrons. The molecule has 0 fully saturated rings. The van der Waals surface area contributed by atoms with Gasteiger partial charge in [0.25, 0.3) is 0 Å². The van der Waals surface area contributed by atoms with Gasteiger partial charge in [-0.15, -0.1) is 11.3 Å². The highest BCUT2D eigenvalue weighted by atomic mass is 32.1. The third kappa shape index (κ3) is 4.26. The van der Waals surface area contributed by atoms with Crippen LogP contribution in [0.1, 0.15) is 29.3 Å². The molecule has 0 aliphatic heterocycles. The van der Waals surface area contributed by atoms with E-state index in [1.807, 2.05) is 13.8 Å². The van der Waals surface area contributed by atoms with Crippen molar-refractivity contribution in [2.24, 2.45) is 0 Å². The highest BCUT2D eigenvalue weighted by Crippen LogP contribution is 2.18. The number of aromatic nitrogens is 1. The summed E-state index contributed by atoms with van der Waals surface area (Å²) in [7, 11) is 0. The standard InChI is InChI=1S/C10H16N2O3S/c1-6-4-12-10(16-6)7(2)11-5-8(13)3-9(14)15/h4,7-8,11,13H,3,5H2,1-2H3,(H,14,15). The normalized spacial score (nSPS) is 14.7. The number of aryl methyl sites for hydroxylation is 1. The molecular formula is C10H16N2O3S. The van der Waals surface area contributed by atoms with Crippen LogP contribution in [0.15, 0.2) is 6.20 Å². The van der Waals surface area contributed by atoms with Crippen LogP contribution in [0.2, 0.25) is 0 Å². The van der Waals surface area contributed by atoms with Crippen molar-refractivity contribution in [2.45, 2.75) is 32.4 Å². The Kier molecular flexibility index (Phi) is 4.85. The molecule has 2 unspecified atom stereocenters. The zero-order valence-electron chi connectivity index (χ0n) is 9.30. The van der Waals surface area contributed by atoms with Gasteiger partial charge in [-0.25, -0.2) is 4.98 Å². The Labute approximate surface area is 98.1 Å². The highest BCUT2D eigenvalue weighted by Gasteiger charge is 2.13. The lowest BCUT2D eigenvalue weighted by molar-refractivity contribution is -0.139. The molecule has 0 aliphatic rings. The van der Waals surface area contributed by atoms with Gasteiger partial charge in [0.2, 0.25) is 0 Å². The summed E-state index contributed by atoms with van der Waals surface area (Å²) in [5.41, 5.74) is 0. The molecule has 0 saturated carbocycles. The number of aliphatic hydroxyl groups is 1. The van der Waals surface area contributed by atoms with E-state index in [1.54, 1.807) is 17.5 Å². The number of carboxylic acids is 1. The van der Waals surface area contributed by atoms with Crippen molar-refractivity contribution in [1.29, 1.82) is 0 Å². The van der Waals surface area contributed by atoms with E-state index in [0.717, 1.165) is 9.88 Å². The number of carbonyl (C=O) groups is 1. The van der Waals surface area contributed by atoms with Crippen LogP contribution in [0.3, 0.4) is 0 Å². The van der Waals surface area contributed by atoms with E-state index in [2.05, 4.69) is 10.3 Å². The van der Waals surface area contributed by atoms with Crippen molar-refractivity contribution in [2.75, 3.05) is 6.54 Å². The lowest BCUT2D eigenvalue weighted by atomic mass is 10.2. The first kappa shape index (κ1) is 13.1. The number of hydrogen-bond acceptors (Lipinski definition) is 5. The molecule has 1 aromatic heterocycles. The third-order valence-corrected chi connectivity index (χ3v) is 3.17. The molecule has 1 aromatic rings. The average Bonchev–Trinajstić information content (AvgIpc) is 2.60. The molecule has 5 nitrogen and oxygen atoms in total.